The molecule has 1 aromatic carbocycles. The molecule has 28 heavy (non-hydrogen) atoms. The van der Waals surface area contributed by atoms with E-state index in [1.54, 1.807) is 60.0 Å². The number of carbonyl (C=O) groups is 3. The highest BCUT2D eigenvalue weighted by atomic mass is 35.5. The first-order valence-corrected chi connectivity index (χ1v) is 9.73. The lowest BCUT2D eigenvalue weighted by atomic mass is 9.84. The van der Waals surface area contributed by atoms with Gasteiger partial charge in [-0.05, 0) is 38.5 Å². The van der Waals surface area contributed by atoms with E-state index in [9.17, 15) is 14.4 Å². The summed E-state index contributed by atoms with van der Waals surface area (Å²) in [6.45, 7) is 7.10. The van der Waals surface area contributed by atoms with Crippen molar-refractivity contribution in [3.05, 3.63) is 33.8 Å². The minimum Gasteiger partial charge on any atom is -0.444 e. The fourth-order valence-corrected chi connectivity index (χ4v) is 3.19. The number of carbonyl (C=O) groups excluding carboxylic acids is 3. The normalized spacial score (nSPS) is 13.4. The second kappa shape index (κ2) is 9.61. The van der Waals surface area contributed by atoms with Crippen molar-refractivity contribution in [3.8, 4) is 0 Å². The SMILES string of the molecule is CCC(=O)N(C)CC(CC=O)(c1ccc(Cl)c(Cl)c1)N(C)C(=O)OC(C)(C)C. The standard InChI is InChI=1S/C20H28Cl2N2O4/c1-7-17(26)23(5)13-20(10-11-25,14-8-9-15(21)16(22)12-14)24(6)18(27)28-19(2,3)4/h8-9,11-12H,7,10,13H2,1-6H3. The lowest BCUT2D eigenvalue weighted by molar-refractivity contribution is -0.132. The lowest BCUT2D eigenvalue weighted by Crippen LogP contribution is -2.55. The third kappa shape index (κ3) is 5.85. The highest BCUT2D eigenvalue weighted by Crippen LogP contribution is 2.36. The number of rotatable bonds is 7. The van der Waals surface area contributed by atoms with E-state index in [1.165, 1.54) is 9.80 Å². The van der Waals surface area contributed by atoms with Crippen LogP contribution in [-0.4, -0.2) is 54.3 Å². The smallest absolute Gasteiger partial charge is 0.410 e. The van der Waals surface area contributed by atoms with Crippen molar-refractivity contribution in [3.63, 3.8) is 0 Å². The number of ether oxygens (including phenoxy) is 1. The minimum absolute atomic E-state index is 0.0535. The molecule has 1 unspecified atom stereocenters. The van der Waals surface area contributed by atoms with Crippen molar-refractivity contribution in [2.24, 2.45) is 0 Å². The second-order valence-electron chi connectivity index (χ2n) is 7.67. The van der Waals surface area contributed by atoms with Gasteiger partial charge in [0.25, 0.3) is 0 Å². The quantitative estimate of drug-likeness (QED) is 0.596. The van der Waals surface area contributed by atoms with Gasteiger partial charge in [-0.3, -0.25) is 9.69 Å². The molecule has 0 heterocycles. The summed E-state index contributed by atoms with van der Waals surface area (Å²) in [6.07, 6.45) is 0.346. The van der Waals surface area contributed by atoms with Gasteiger partial charge in [0.1, 0.15) is 11.9 Å². The average molecular weight is 431 g/mol. The summed E-state index contributed by atoms with van der Waals surface area (Å²) in [4.78, 5) is 39.6. The van der Waals surface area contributed by atoms with Gasteiger partial charge in [0.05, 0.1) is 15.6 Å². The molecule has 8 heteroatoms. The van der Waals surface area contributed by atoms with Gasteiger partial charge >= 0.3 is 6.09 Å². The molecule has 0 aromatic heterocycles. The number of halogens is 2. The Morgan fingerprint density at radius 1 is 1.14 bits per heavy atom. The van der Waals surface area contributed by atoms with Crippen LogP contribution in [0.3, 0.4) is 0 Å². The topological polar surface area (TPSA) is 66.9 Å². The van der Waals surface area contributed by atoms with Crippen LogP contribution in [-0.2, 0) is 19.9 Å². The zero-order chi connectivity index (χ0) is 21.7. The molecule has 1 aromatic rings. The molecule has 0 bridgehead atoms. The maximum atomic E-state index is 12.9. The molecule has 0 aliphatic rings. The second-order valence-corrected chi connectivity index (χ2v) is 8.49. The fraction of sp³-hybridized carbons (Fsp3) is 0.550. The highest BCUT2D eigenvalue weighted by molar-refractivity contribution is 6.42. The molecule has 0 radical (unpaired) electrons. The van der Waals surface area contributed by atoms with Crippen LogP contribution >= 0.6 is 23.2 Å². The van der Waals surface area contributed by atoms with E-state index in [0.717, 1.165) is 0 Å². The Labute approximate surface area is 176 Å². The Bertz CT molecular complexity index is 733. The Balaban J connectivity index is 3.55. The fourth-order valence-electron chi connectivity index (χ4n) is 2.89. The van der Waals surface area contributed by atoms with Crippen LogP contribution < -0.4 is 0 Å². The zero-order valence-corrected chi connectivity index (χ0v) is 18.7. The van der Waals surface area contributed by atoms with E-state index >= 15 is 0 Å². The molecular weight excluding hydrogens is 403 g/mol. The number of nitrogens with zero attached hydrogens (tertiary/aromatic N) is 2. The molecule has 1 atom stereocenters. The van der Waals surface area contributed by atoms with Gasteiger partial charge < -0.3 is 14.4 Å². The molecular formula is C20H28Cl2N2O4. The summed E-state index contributed by atoms with van der Waals surface area (Å²) in [7, 11) is 3.18. The van der Waals surface area contributed by atoms with Crippen molar-refractivity contribution in [1.29, 1.82) is 0 Å². The van der Waals surface area contributed by atoms with E-state index in [2.05, 4.69) is 0 Å². The number of amides is 2. The molecule has 1 rings (SSSR count). The number of aldehydes is 1. The van der Waals surface area contributed by atoms with Crippen molar-refractivity contribution in [1.82, 2.24) is 9.80 Å². The molecule has 6 nitrogen and oxygen atoms in total. The Hall–Kier alpha value is -1.79. The predicted octanol–water partition coefficient (Wildman–Crippen LogP) is 4.51. The summed E-state index contributed by atoms with van der Waals surface area (Å²) in [5.41, 5.74) is -1.31. The summed E-state index contributed by atoms with van der Waals surface area (Å²) < 4.78 is 5.50. The Morgan fingerprint density at radius 3 is 2.21 bits per heavy atom. The molecule has 0 spiro atoms. The zero-order valence-electron chi connectivity index (χ0n) is 17.2. The number of hydrogen-bond donors (Lipinski definition) is 0. The van der Waals surface area contributed by atoms with Crippen LogP contribution in [0.5, 0.6) is 0 Å². The third-order valence-corrected chi connectivity index (χ3v) is 5.15. The van der Waals surface area contributed by atoms with Crippen molar-refractivity contribution >= 4 is 41.5 Å². The van der Waals surface area contributed by atoms with Gasteiger partial charge in [-0.2, -0.15) is 0 Å². The van der Waals surface area contributed by atoms with Crippen molar-refractivity contribution < 1.29 is 19.1 Å². The number of hydrogen-bond acceptors (Lipinski definition) is 4. The number of likely N-dealkylation sites (N-methyl/N-ethyl adjacent to an activating group) is 2. The van der Waals surface area contributed by atoms with E-state index in [-0.39, 0.29) is 23.9 Å². The average Bonchev–Trinajstić information content (AvgIpc) is 2.60. The van der Waals surface area contributed by atoms with Gasteiger partial charge in [0.15, 0.2) is 0 Å². The monoisotopic (exact) mass is 430 g/mol. The lowest BCUT2D eigenvalue weighted by Gasteiger charge is -2.43. The van der Waals surface area contributed by atoms with Crippen molar-refractivity contribution in [2.45, 2.75) is 51.7 Å². The molecule has 0 fully saturated rings. The maximum absolute atomic E-state index is 12.9. The summed E-state index contributed by atoms with van der Waals surface area (Å²) in [6, 6.07) is 4.91. The molecule has 0 aliphatic carbocycles. The molecule has 2 amide bonds. The first-order chi connectivity index (χ1) is 12.9. The molecule has 0 N–H and O–H groups in total. The first kappa shape index (κ1) is 24.2. The first-order valence-electron chi connectivity index (χ1n) is 8.98. The largest absolute Gasteiger partial charge is 0.444 e. The van der Waals surface area contributed by atoms with Gasteiger partial charge in [-0.1, -0.05) is 36.2 Å². The Kier molecular flexibility index (Phi) is 8.32. The van der Waals surface area contributed by atoms with E-state index in [0.29, 0.717) is 23.3 Å². The van der Waals surface area contributed by atoms with Gasteiger partial charge in [0, 0.05) is 33.5 Å². The predicted molar refractivity (Wildman–Crippen MR) is 111 cm³/mol. The molecule has 0 aliphatic heterocycles. The highest BCUT2D eigenvalue weighted by Gasteiger charge is 2.42. The van der Waals surface area contributed by atoms with E-state index in [4.69, 9.17) is 27.9 Å². The third-order valence-electron chi connectivity index (χ3n) is 4.41. The van der Waals surface area contributed by atoms with E-state index < -0.39 is 17.2 Å². The summed E-state index contributed by atoms with van der Waals surface area (Å²) >= 11 is 12.2. The summed E-state index contributed by atoms with van der Waals surface area (Å²) in [5.74, 6) is -0.118. The van der Waals surface area contributed by atoms with Gasteiger partial charge in [0.2, 0.25) is 5.91 Å². The number of benzene rings is 1. The van der Waals surface area contributed by atoms with Crippen LogP contribution in [0.2, 0.25) is 10.0 Å². The molecule has 156 valence electrons. The van der Waals surface area contributed by atoms with Crippen molar-refractivity contribution in [2.75, 3.05) is 20.6 Å². The van der Waals surface area contributed by atoms with Crippen LogP contribution in [0.15, 0.2) is 18.2 Å². The van der Waals surface area contributed by atoms with Crippen LogP contribution in [0, 0.1) is 0 Å². The Morgan fingerprint density at radius 2 is 1.75 bits per heavy atom. The molecule has 0 saturated heterocycles. The van der Waals surface area contributed by atoms with Gasteiger partial charge in [-0.15, -0.1) is 0 Å². The summed E-state index contributed by atoms with van der Waals surface area (Å²) in [5, 5.41) is 0.639. The molecule has 0 saturated carbocycles. The van der Waals surface area contributed by atoms with Gasteiger partial charge in [-0.25, -0.2) is 4.79 Å². The van der Waals surface area contributed by atoms with Crippen LogP contribution in [0.4, 0.5) is 4.79 Å². The maximum Gasteiger partial charge on any atom is 0.410 e. The van der Waals surface area contributed by atoms with Crippen LogP contribution in [0.1, 0.15) is 46.1 Å². The minimum atomic E-state index is -1.17. The van der Waals surface area contributed by atoms with Crippen LogP contribution in [0.25, 0.3) is 0 Å². The van der Waals surface area contributed by atoms with E-state index in [1.807, 2.05) is 0 Å².